The first-order chi connectivity index (χ1) is 14.2. The number of anilines is 1. The van der Waals surface area contributed by atoms with Crippen molar-refractivity contribution < 1.29 is 19.1 Å². The number of hydrogen-bond acceptors (Lipinski definition) is 7. The SMILES string of the molecule is CCOC(=O)c1nc(N(C)Cc2cccc(C(=O)N(C)C)c2)n(C)c(=O)c1OCC. The van der Waals surface area contributed by atoms with Gasteiger partial charge in [0.05, 0.1) is 13.2 Å². The normalized spacial score (nSPS) is 10.5. The van der Waals surface area contributed by atoms with Crippen LogP contribution in [0.2, 0.25) is 0 Å². The Hall–Kier alpha value is -3.36. The van der Waals surface area contributed by atoms with E-state index in [1.165, 1.54) is 9.47 Å². The Morgan fingerprint density at radius 3 is 2.43 bits per heavy atom. The van der Waals surface area contributed by atoms with Crippen molar-refractivity contribution in [2.45, 2.75) is 20.4 Å². The van der Waals surface area contributed by atoms with E-state index < -0.39 is 11.5 Å². The lowest BCUT2D eigenvalue weighted by molar-refractivity contribution is 0.0513. The van der Waals surface area contributed by atoms with Gasteiger partial charge in [-0.05, 0) is 31.5 Å². The second kappa shape index (κ2) is 9.91. The quantitative estimate of drug-likeness (QED) is 0.605. The summed E-state index contributed by atoms with van der Waals surface area (Å²) in [6.07, 6.45) is 0. The van der Waals surface area contributed by atoms with Crippen LogP contribution in [0.3, 0.4) is 0 Å². The highest BCUT2D eigenvalue weighted by atomic mass is 16.5. The number of carbonyl (C=O) groups excluding carboxylic acids is 2. The van der Waals surface area contributed by atoms with Gasteiger partial charge in [0.15, 0.2) is 5.69 Å². The summed E-state index contributed by atoms with van der Waals surface area (Å²) in [7, 11) is 6.69. The van der Waals surface area contributed by atoms with E-state index in [9.17, 15) is 14.4 Å². The summed E-state index contributed by atoms with van der Waals surface area (Å²) >= 11 is 0. The van der Waals surface area contributed by atoms with Gasteiger partial charge in [0.2, 0.25) is 11.7 Å². The number of rotatable bonds is 8. The van der Waals surface area contributed by atoms with Crippen molar-refractivity contribution in [3.05, 3.63) is 51.4 Å². The van der Waals surface area contributed by atoms with E-state index in [2.05, 4.69) is 4.98 Å². The maximum absolute atomic E-state index is 12.8. The summed E-state index contributed by atoms with van der Waals surface area (Å²) in [6.45, 7) is 4.13. The number of esters is 1. The van der Waals surface area contributed by atoms with Crippen LogP contribution in [0.5, 0.6) is 5.75 Å². The first kappa shape index (κ1) is 22.9. The van der Waals surface area contributed by atoms with Crippen molar-refractivity contribution in [1.82, 2.24) is 14.5 Å². The molecule has 9 heteroatoms. The molecule has 0 aliphatic rings. The highest BCUT2D eigenvalue weighted by Crippen LogP contribution is 2.19. The van der Waals surface area contributed by atoms with Gasteiger partial charge in [0, 0.05) is 40.3 Å². The smallest absolute Gasteiger partial charge is 0.361 e. The standard InChI is InChI=1S/C21H28N4O5/c1-7-29-17-16(20(28)30-8-2)22-21(25(6)19(17)27)24(5)13-14-10-9-11-15(12-14)18(26)23(3)4/h9-12H,7-8,13H2,1-6H3. The zero-order valence-electron chi connectivity index (χ0n) is 18.3. The summed E-state index contributed by atoms with van der Waals surface area (Å²) < 4.78 is 11.7. The summed E-state index contributed by atoms with van der Waals surface area (Å²) in [5, 5.41) is 0. The molecule has 2 aromatic rings. The summed E-state index contributed by atoms with van der Waals surface area (Å²) in [6, 6.07) is 7.21. The van der Waals surface area contributed by atoms with Gasteiger partial charge >= 0.3 is 5.97 Å². The molecular weight excluding hydrogens is 388 g/mol. The first-order valence-corrected chi connectivity index (χ1v) is 9.63. The van der Waals surface area contributed by atoms with Crippen molar-refractivity contribution in [3.63, 3.8) is 0 Å². The number of aromatic nitrogens is 2. The Balaban J connectivity index is 2.43. The van der Waals surface area contributed by atoms with E-state index in [-0.39, 0.29) is 36.5 Å². The van der Waals surface area contributed by atoms with Crippen molar-refractivity contribution in [2.75, 3.05) is 39.3 Å². The molecule has 0 saturated heterocycles. The highest BCUT2D eigenvalue weighted by molar-refractivity contribution is 5.94. The minimum absolute atomic E-state index is 0.101. The molecule has 0 bridgehead atoms. The molecule has 0 atom stereocenters. The molecule has 0 fully saturated rings. The molecule has 1 heterocycles. The van der Waals surface area contributed by atoms with Crippen LogP contribution in [0.15, 0.2) is 29.1 Å². The van der Waals surface area contributed by atoms with Crippen LogP contribution in [-0.2, 0) is 18.3 Å². The van der Waals surface area contributed by atoms with Crippen LogP contribution in [-0.4, -0.2) is 60.7 Å². The lowest BCUT2D eigenvalue weighted by atomic mass is 10.1. The predicted molar refractivity (Wildman–Crippen MR) is 113 cm³/mol. The van der Waals surface area contributed by atoms with Crippen LogP contribution in [0.1, 0.15) is 40.3 Å². The van der Waals surface area contributed by atoms with Gasteiger partial charge in [0.1, 0.15) is 0 Å². The van der Waals surface area contributed by atoms with Gasteiger partial charge in [-0.2, -0.15) is 0 Å². The maximum Gasteiger partial charge on any atom is 0.361 e. The molecule has 0 radical (unpaired) electrons. The fourth-order valence-corrected chi connectivity index (χ4v) is 2.93. The molecule has 2 rings (SSSR count). The van der Waals surface area contributed by atoms with Crippen LogP contribution >= 0.6 is 0 Å². The molecular formula is C21H28N4O5. The van der Waals surface area contributed by atoms with Crippen LogP contribution in [0, 0.1) is 0 Å². The van der Waals surface area contributed by atoms with Crippen LogP contribution < -0.4 is 15.2 Å². The van der Waals surface area contributed by atoms with Gasteiger partial charge < -0.3 is 19.3 Å². The van der Waals surface area contributed by atoms with Crippen molar-refractivity contribution in [3.8, 4) is 5.75 Å². The summed E-state index contributed by atoms with van der Waals surface area (Å²) in [4.78, 5) is 45.0. The molecule has 0 aliphatic carbocycles. The lowest BCUT2D eigenvalue weighted by Crippen LogP contribution is -2.32. The van der Waals surface area contributed by atoms with Gasteiger partial charge in [-0.1, -0.05) is 12.1 Å². The number of hydrogen-bond donors (Lipinski definition) is 0. The topological polar surface area (TPSA) is 94.0 Å². The number of nitrogens with zero attached hydrogens (tertiary/aromatic N) is 4. The molecule has 1 amide bonds. The molecule has 9 nitrogen and oxygen atoms in total. The third-order valence-corrected chi connectivity index (χ3v) is 4.32. The number of amides is 1. The van der Waals surface area contributed by atoms with Crippen molar-refractivity contribution in [2.24, 2.45) is 7.05 Å². The third-order valence-electron chi connectivity index (χ3n) is 4.32. The fourth-order valence-electron chi connectivity index (χ4n) is 2.93. The number of carbonyl (C=O) groups is 2. The Bertz CT molecular complexity index is 984. The molecule has 0 N–H and O–H groups in total. The molecule has 1 aromatic carbocycles. The molecule has 0 saturated carbocycles. The van der Waals surface area contributed by atoms with E-state index in [0.717, 1.165) is 5.56 Å². The molecule has 0 unspecified atom stereocenters. The Labute approximate surface area is 175 Å². The third kappa shape index (κ3) is 4.97. The molecule has 30 heavy (non-hydrogen) atoms. The van der Waals surface area contributed by atoms with Gasteiger partial charge in [0.25, 0.3) is 11.5 Å². The first-order valence-electron chi connectivity index (χ1n) is 9.63. The average molecular weight is 416 g/mol. The van der Waals surface area contributed by atoms with Gasteiger partial charge in [-0.25, -0.2) is 9.78 Å². The number of ether oxygens (including phenoxy) is 2. The van der Waals surface area contributed by atoms with Crippen LogP contribution in [0.25, 0.3) is 0 Å². The molecule has 1 aromatic heterocycles. The fraction of sp³-hybridized carbons (Fsp3) is 0.429. The molecule has 0 aliphatic heterocycles. The van der Waals surface area contributed by atoms with E-state index in [4.69, 9.17) is 9.47 Å². The van der Waals surface area contributed by atoms with E-state index >= 15 is 0 Å². The van der Waals surface area contributed by atoms with Crippen molar-refractivity contribution in [1.29, 1.82) is 0 Å². The largest absolute Gasteiger partial charge is 0.486 e. The molecule has 162 valence electrons. The molecule has 0 spiro atoms. The summed E-state index contributed by atoms with van der Waals surface area (Å²) in [5.74, 6) is -0.674. The highest BCUT2D eigenvalue weighted by Gasteiger charge is 2.24. The second-order valence-corrected chi connectivity index (χ2v) is 6.86. The van der Waals surface area contributed by atoms with Crippen molar-refractivity contribution >= 4 is 17.8 Å². The van der Waals surface area contributed by atoms with Gasteiger partial charge in [-0.3, -0.25) is 14.2 Å². The zero-order valence-corrected chi connectivity index (χ0v) is 18.3. The Morgan fingerprint density at radius 2 is 1.83 bits per heavy atom. The predicted octanol–water partition coefficient (Wildman–Crippen LogP) is 1.69. The monoisotopic (exact) mass is 416 g/mol. The second-order valence-electron chi connectivity index (χ2n) is 6.86. The minimum Gasteiger partial charge on any atom is -0.486 e. The van der Waals surface area contributed by atoms with E-state index in [0.29, 0.717) is 12.1 Å². The van der Waals surface area contributed by atoms with Gasteiger partial charge in [-0.15, -0.1) is 0 Å². The zero-order chi connectivity index (χ0) is 22.4. The van der Waals surface area contributed by atoms with Crippen LogP contribution in [0.4, 0.5) is 5.95 Å². The maximum atomic E-state index is 12.8. The van der Waals surface area contributed by atoms with E-state index in [1.807, 2.05) is 6.07 Å². The average Bonchev–Trinajstić information content (AvgIpc) is 2.71. The summed E-state index contributed by atoms with van der Waals surface area (Å²) in [5.41, 5.74) is 0.783. The lowest BCUT2D eigenvalue weighted by Gasteiger charge is -2.22. The minimum atomic E-state index is -0.716. The van der Waals surface area contributed by atoms with E-state index in [1.54, 1.807) is 65.1 Å². The Morgan fingerprint density at radius 1 is 1.13 bits per heavy atom. The number of benzene rings is 1. The Kier molecular flexibility index (Phi) is 7.57.